The van der Waals surface area contributed by atoms with Crippen molar-refractivity contribution in [2.45, 2.75) is 0 Å². The van der Waals surface area contributed by atoms with Crippen LogP contribution in [0.15, 0.2) is 36.6 Å². The minimum atomic E-state index is 0.0567. The summed E-state index contributed by atoms with van der Waals surface area (Å²) >= 11 is 0. The third kappa shape index (κ3) is 1.11. The van der Waals surface area contributed by atoms with Crippen LogP contribution in [0.2, 0.25) is 0 Å². The fraction of sp³-hybridized carbons (Fsp3) is 0.100. The van der Waals surface area contributed by atoms with E-state index < -0.39 is 0 Å². The fourth-order valence-electron chi connectivity index (χ4n) is 1.19. The average molecular weight is 160 g/mol. The number of carbonyl (C=O) groups is 1. The Morgan fingerprint density at radius 2 is 1.92 bits per heavy atom. The zero-order valence-corrected chi connectivity index (χ0v) is 6.49. The van der Waals surface area contributed by atoms with Gasteiger partial charge in [-0.1, -0.05) is 30.3 Å². The van der Waals surface area contributed by atoms with Crippen LogP contribution in [0.3, 0.4) is 0 Å². The SMILES string of the molecule is O=C1COC=C1c1ccccc1. The molecular formula is C10H8O2. The molecule has 0 fully saturated rings. The maximum Gasteiger partial charge on any atom is 0.203 e. The van der Waals surface area contributed by atoms with Gasteiger partial charge in [0.15, 0.2) is 6.61 Å². The summed E-state index contributed by atoms with van der Waals surface area (Å²) in [6.07, 6.45) is 1.53. The topological polar surface area (TPSA) is 26.3 Å². The van der Waals surface area contributed by atoms with Crippen LogP contribution in [0.5, 0.6) is 0 Å². The zero-order valence-electron chi connectivity index (χ0n) is 6.49. The van der Waals surface area contributed by atoms with Gasteiger partial charge in [-0.05, 0) is 5.56 Å². The van der Waals surface area contributed by atoms with Gasteiger partial charge in [0.2, 0.25) is 5.78 Å². The standard InChI is InChI=1S/C10H8O2/c11-10-7-12-6-9(10)8-4-2-1-3-5-8/h1-6H,7H2. The number of rotatable bonds is 1. The van der Waals surface area contributed by atoms with E-state index in [2.05, 4.69) is 0 Å². The van der Waals surface area contributed by atoms with E-state index in [4.69, 9.17) is 4.74 Å². The van der Waals surface area contributed by atoms with Crippen LogP contribution in [0.4, 0.5) is 0 Å². The first-order valence-electron chi connectivity index (χ1n) is 3.78. The third-order valence-corrected chi connectivity index (χ3v) is 1.80. The van der Waals surface area contributed by atoms with Gasteiger partial charge in [0.25, 0.3) is 0 Å². The largest absolute Gasteiger partial charge is 0.492 e. The Morgan fingerprint density at radius 3 is 2.50 bits per heavy atom. The van der Waals surface area contributed by atoms with Crippen molar-refractivity contribution in [3.05, 3.63) is 42.2 Å². The first-order valence-corrected chi connectivity index (χ1v) is 3.78. The maximum absolute atomic E-state index is 11.2. The number of benzene rings is 1. The van der Waals surface area contributed by atoms with Crippen molar-refractivity contribution >= 4 is 11.4 Å². The van der Waals surface area contributed by atoms with Gasteiger partial charge in [-0.15, -0.1) is 0 Å². The van der Waals surface area contributed by atoms with Gasteiger partial charge in [0.1, 0.15) is 0 Å². The lowest BCUT2D eigenvalue weighted by atomic mass is 10.1. The molecule has 60 valence electrons. The lowest BCUT2D eigenvalue weighted by Gasteiger charge is -1.95. The Labute approximate surface area is 70.5 Å². The molecule has 0 atom stereocenters. The molecule has 2 nitrogen and oxygen atoms in total. The molecule has 0 spiro atoms. The Hall–Kier alpha value is -1.57. The molecule has 0 N–H and O–H groups in total. The molecule has 1 aliphatic rings. The van der Waals surface area contributed by atoms with E-state index in [0.29, 0.717) is 5.57 Å². The summed E-state index contributed by atoms with van der Waals surface area (Å²) in [5, 5.41) is 0. The van der Waals surface area contributed by atoms with E-state index in [-0.39, 0.29) is 12.4 Å². The molecule has 1 aromatic rings. The van der Waals surface area contributed by atoms with Crippen LogP contribution in [0, 0.1) is 0 Å². The van der Waals surface area contributed by atoms with Crippen LogP contribution in [0.25, 0.3) is 5.57 Å². The number of carbonyl (C=O) groups excluding carboxylic acids is 1. The van der Waals surface area contributed by atoms with Crippen molar-refractivity contribution in [3.8, 4) is 0 Å². The Kier molecular flexibility index (Phi) is 1.67. The van der Waals surface area contributed by atoms with E-state index >= 15 is 0 Å². The Bertz CT molecular complexity index is 325. The highest BCUT2D eigenvalue weighted by molar-refractivity contribution is 6.22. The number of hydrogen-bond acceptors (Lipinski definition) is 2. The summed E-state index contributed by atoms with van der Waals surface area (Å²) in [7, 11) is 0. The highest BCUT2D eigenvalue weighted by Crippen LogP contribution is 2.19. The molecule has 2 rings (SSSR count). The molecule has 2 heteroatoms. The van der Waals surface area contributed by atoms with Gasteiger partial charge in [0, 0.05) is 0 Å². The number of Topliss-reactive ketones (excluding diaryl/α,β-unsaturated/α-hetero) is 1. The van der Waals surface area contributed by atoms with Gasteiger partial charge >= 0.3 is 0 Å². The van der Waals surface area contributed by atoms with Gasteiger partial charge in [-0.2, -0.15) is 0 Å². The molecule has 1 heterocycles. The summed E-state index contributed by atoms with van der Waals surface area (Å²) in [4.78, 5) is 11.2. The van der Waals surface area contributed by atoms with Crippen LogP contribution >= 0.6 is 0 Å². The summed E-state index contributed by atoms with van der Waals surface area (Å²) in [6, 6.07) is 9.53. The maximum atomic E-state index is 11.2. The van der Waals surface area contributed by atoms with Gasteiger partial charge in [0.05, 0.1) is 11.8 Å². The molecule has 0 bridgehead atoms. The highest BCUT2D eigenvalue weighted by atomic mass is 16.5. The molecule has 0 aliphatic carbocycles. The molecule has 0 aromatic heterocycles. The second-order valence-corrected chi connectivity index (χ2v) is 2.63. The number of hydrogen-bond donors (Lipinski definition) is 0. The minimum Gasteiger partial charge on any atom is -0.492 e. The quantitative estimate of drug-likeness (QED) is 0.624. The molecule has 1 aliphatic heterocycles. The molecule has 12 heavy (non-hydrogen) atoms. The molecule has 0 unspecified atom stereocenters. The van der Waals surface area contributed by atoms with Crippen molar-refractivity contribution in [1.29, 1.82) is 0 Å². The Morgan fingerprint density at radius 1 is 1.17 bits per heavy atom. The lowest BCUT2D eigenvalue weighted by Crippen LogP contribution is -1.99. The number of ketones is 1. The molecule has 0 saturated carbocycles. The molecule has 0 saturated heterocycles. The van der Waals surface area contributed by atoms with Gasteiger partial charge in [-0.3, -0.25) is 4.79 Å². The second kappa shape index (κ2) is 2.81. The van der Waals surface area contributed by atoms with E-state index in [1.165, 1.54) is 6.26 Å². The van der Waals surface area contributed by atoms with Crippen molar-refractivity contribution in [2.24, 2.45) is 0 Å². The zero-order chi connectivity index (χ0) is 8.39. The third-order valence-electron chi connectivity index (χ3n) is 1.80. The van der Waals surface area contributed by atoms with Crippen LogP contribution in [0.1, 0.15) is 5.56 Å². The fourth-order valence-corrected chi connectivity index (χ4v) is 1.19. The van der Waals surface area contributed by atoms with E-state index in [9.17, 15) is 4.79 Å². The smallest absolute Gasteiger partial charge is 0.203 e. The first kappa shape index (κ1) is 7.10. The second-order valence-electron chi connectivity index (χ2n) is 2.63. The van der Waals surface area contributed by atoms with Crippen LogP contribution < -0.4 is 0 Å². The van der Waals surface area contributed by atoms with Crippen molar-refractivity contribution < 1.29 is 9.53 Å². The predicted octanol–water partition coefficient (Wildman–Crippen LogP) is 1.63. The van der Waals surface area contributed by atoms with Gasteiger partial charge in [-0.25, -0.2) is 0 Å². The number of ether oxygens (including phenoxy) is 1. The van der Waals surface area contributed by atoms with E-state index in [1.807, 2.05) is 30.3 Å². The highest BCUT2D eigenvalue weighted by Gasteiger charge is 2.17. The molecule has 0 radical (unpaired) electrons. The molecular weight excluding hydrogens is 152 g/mol. The minimum absolute atomic E-state index is 0.0567. The first-order chi connectivity index (χ1) is 5.88. The van der Waals surface area contributed by atoms with Crippen molar-refractivity contribution in [3.63, 3.8) is 0 Å². The molecule has 0 amide bonds. The van der Waals surface area contributed by atoms with Crippen LogP contribution in [-0.2, 0) is 9.53 Å². The average Bonchev–Trinajstić information content (AvgIpc) is 2.53. The lowest BCUT2D eigenvalue weighted by molar-refractivity contribution is -0.115. The van der Waals surface area contributed by atoms with E-state index in [0.717, 1.165) is 5.56 Å². The molecule has 1 aromatic carbocycles. The monoisotopic (exact) mass is 160 g/mol. The summed E-state index contributed by atoms with van der Waals surface area (Å²) in [5.41, 5.74) is 1.61. The van der Waals surface area contributed by atoms with Crippen molar-refractivity contribution in [2.75, 3.05) is 6.61 Å². The van der Waals surface area contributed by atoms with Gasteiger partial charge < -0.3 is 4.74 Å². The van der Waals surface area contributed by atoms with Crippen LogP contribution in [-0.4, -0.2) is 12.4 Å². The summed E-state index contributed by atoms with van der Waals surface area (Å²) in [5.74, 6) is 0.0567. The van der Waals surface area contributed by atoms with Crippen molar-refractivity contribution in [1.82, 2.24) is 0 Å². The normalized spacial score (nSPS) is 15.7. The summed E-state index contributed by atoms with van der Waals surface area (Å²) in [6.45, 7) is 0.185. The Balaban J connectivity index is 2.38. The predicted molar refractivity (Wildman–Crippen MR) is 45.4 cm³/mol. The summed E-state index contributed by atoms with van der Waals surface area (Å²) < 4.78 is 4.91. The van der Waals surface area contributed by atoms with E-state index in [1.54, 1.807) is 0 Å².